The zero-order valence-corrected chi connectivity index (χ0v) is 16.3. The van der Waals surface area contributed by atoms with Gasteiger partial charge in [-0.3, -0.25) is 4.79 Å². The van der Waals surface area contributed by atoms with Gasteiger partial charge in [0.05, 0.1) is 24.0 Å². The molecular formula is C20H20N2O3S2. The van der Waals surface area contributed by atoms with Crippen molar-refractivity contribution >= 4 is 32.7 Å². The molecule has 27 heavy (non-hydrogen) atoms. The number of fused-ring (bicyclic) bond motifs is 1. The highest BCUT2D eigenvalue weighted by atomic mass is 32.2. The molecule has 0 spiro atoms. The molecule has 2 saturated heterocycles. The van der Waals surface area contributed by atoms with Crippen LogP contribution < -0.4 is 0 Å². The minimum absolute atomic E-state index is 0.0537. The predicted molar refractivity (Wildman–Crippen MR) is 108 cm³/mol. The number of aliphatic imine (C=N–C) groups is 1. The molecule has 0 radical (unpaired) electrons. The van der Waals surface area contributed by atoms with Crippen LogP contribution in [0.3, 0.4) is 0 Å². The number of benzene rings is 2. The van der Waals surface area contributed by atoms with E-state index in [1.54, 1.807) is 0 Å². The lowest BCUT2D eigenvalue weighted by Crippen LogP contribution is -2.37. The van der Waals surface area contributed by atoms with E-state index in [0.717, 1.165) is 11.1 Å². The van der Waals surface area contributed by atoms with Crippen molar-refractivity contribution in [2.45, 2.75) is 24.3 Å². The summed E-state index contributed by atoms with van der Waals surface area (Å²) < 4.78 is 24.1. The third-order valence-corrected chi connectivity index (χ3v) is 8.04. The van der Waals surface area contributed by atoms with Crippen LogP contribution in [0, 0.1) is 0 Å². The van der Waals surface area contributed by atoms with Crippen LogP contribution in [0.25, 0.3) is 0 Å². The lowest BCUT2D eigenvalue weighted by Gasteiger charge is -2.24. The molecule has 2 aliphatic rings. The van der Waals surface area contributed by atoms with Gasteiger partial charge in [-0.15, -0.1) is 0 Å². The smallest absolute Gasteiger partial charge is 0.252 e. The Morgan fingerprint density at radius 3 is 2.30 bits per heavy atom. The first-order chi connectivity index (χ1) is 13.0. The fraction of sp³-hybridized carbons (Fsp3) is 0.300. The van der Waals surface area contributed by atoms with E-state index in [9.17, 15) is 13.2 Å². The van der Waals surface area contributed by atoms with E-state index in [1.165, 1.54) is 11.8 Å². The van der Waals surface area contributed by atoms with Crippen molar-refractivity contribution in [3.05, 3.63) is 71.8 Å². The van der Waals surface area contributed by atoms with Crippen molar-refractivity contribution in [2.24, 2.45) is 4.99 Å². The summed E-state index contributed by atoms with van der Waals surface area (Å²) in [7, 11) is -3.03. The van der Waals surface area contributed by atoms with Gasteiger partial charge in [0.1, 0.15) is 0 Å². The summed E-state index contributed by atoms with van der Waals surface area (Å²) in [5.41, 5.74) is 2.00. The van der Waals surface area contributed by atoms with Crippen molar-refractivity contribution < 1.29 is 13.2 Å². The van der Waals surface area contributed by atoms with Crippen LogP contribution in [-0.4, -0.2) is 47.2 Å². The fourth-order valence-electron chi connectivity index (χ4n) is 3.52. The Balaban J connectivity index is 1.57. The second-order valence-electron chi connectivity index (χ2n) is 6.86. The summed E-state index contributed by atoms with van der Waals surface area (Å²) in [6.45, 7) is 0.558. The van der Waals surface area contributed by atoms with Gasteiger partial charge in [0.15, 0.2) is 15.0 Å². The largest absolute Gasteiger partial charge is 0.342 e. The van der Waals surface area contributed by atoms with E-state index in [0.29, 0.717) is 11.7 Å². The first-order valence-corrected chi connectivity index (χ1v) is 11.5. The molecular weight excluding hydrogens is 380 g/mol. The maximum Gasteiger partial charge on any atom is 0.252 e. The van der Waals surface area contributed by atoms with E-state index in [2.05, 4.69) is 4.99 Å². The van der Waals surface area contributed by atoms with Gasteiger partial charge in [0, 0.05) is 11.8 Å². The molecule has 2 aliphatic heterocycles. The zero-order valence-electron chi connectivity index (χ0n) is 14.7. The highest BCUT2D eigenvalue weighted by Crippen LogP contribution is 2.39. The summed E-state index contributed by atoms with van der Waals surface area (Å²) in [5, 5.41) is 0.590. The molecule has 0 N–H and O–H groups in total. The molecule has 7 heteroatoms. The minimum atomic E-state index is -3.03. The van der Waals surface area contributed by atoms with Crippen LogP contribution in [0.5, 0.6) is 0 Å². The molecule has 2 aromatic carbocycles. The van der Waals surface area contributed by atoms with Crippen LogP contribution in [-0.2, 0) is 27.6 Å². The summed E-state index contributed by atoms with van der Waals surface area (Å²) in [6.07, 6.45) is 0.248. The van der Waals surface area contributed by atoms with E-state index >= 15 is 0 Å². The second-order valence-corrected chi connectivity index (χ2v) is 10.2. The molecule has 0 saturated carbocycles. The Morgan fingerprint density at radius 2 is 1.63 bits per heavy atom. The normalized spacial score (nSPS) is 24.9. The number of hydrogen-bond donors (Lipinski definition) is 0. The number of amidine groups is 1. The molecule has 0 aliphatic carbocycles. The molecule has 140 valence electrons. The predicted octanol–water partition coefficient (Wildman–Crippen LogP) is 2.53. The Hall–Kier alpha value is -2.12. The SMILES string of the molecule is O=C(Cc1ccccc1)N=C1S[C@@H]2CS(=O)(=O)C[C@H]2N1Cc1ccccc1. The van der Waals surface area contributed by atoms with Gasteiger partial charge in [0.25, 0.3) is 5.91 Å². The van der Waals surface area contributed by atoms with Crippen molar-refractivity contribution in [1.82, 2.24) is 4.90 Å². The molecule has 2 atom stereocenters. The first-order valence-electron chi connectivity index (χ1n) is 8.83. The van der Waals surface area contributed by atoms with Crippen molar-refractivity contribution in [3.63, 3.8) is 0 Å². The van der Waals surface area contributed by atoms with Crippen molar-refractivity contribution in [3.8, 4) is 0 Å². The summed E-state index contributed by atoms with van der Waals surface area (Å²) in [6, 6.07) is 19.3. The molecule has 2 aromatic rings. The lowest BCUT2D eigenvalue weighted by atomic mass is 10.1. The summed E-state index contributed by atoms with van der Waals surface area (Å²) >= 11 is 1.43. The first kappa shape index (κ1) is 18.3. The quantitative estimate of drug-likeness (QED) is 0.789. The summed E-state index contributed by atoms with van der Waals surface area (Å²) in [4.78, 5) is 18.8. The monoisotopic (exact) mass is 400 g/mol. The number of sulfone groups is 1. The Morgan fingerprint density at radius 1 is 1.00 bits per heavy atom. The third-order valence-electron chi connectivity index (χ3n) is 4.79. The van der Waals surface area contributed by atoms with Crippen LogP contribution in [0.2, 0.25) is 0 Å². The van der Waals surface area contributed by atoms with Gasteiger partial charge in [-0.1, -0.05) is 72.4 Å². The molecule has 0 aromatic heterocycles. The van der Waals surface area contributed by atoms with Gasteiger partial charge in [-0.25, -0.2) is 8.42 Å². The number of amides is 1. The van der Waals surface area contributed by atoms with Gasteiger partial charge >= 0.3 is 0 Å². The fourth-order valence-corrected chi connectivity index (χ4v) is 7.49. The number of rotatable bonds is 4. The summed E-state index contributed by atoms with van der Waals surface area (Å²) in [5.74, 6) is 0.0766. The molecule has 2 heterocycles. The van der Waals surface area contributed by atoms with Crippen LogP contribution >= 0.6 is 11.8 Å². The van der Waals surface area contributed by atoms with Crippen LogP contribution in [0.4, 0.5) is 0 Å². The highest BCUT2D eigenvalue weighted by molar-refractivity contribution is 8.15. The zero-order chi connectivity index (χ0) is 18.9. The van der Waals surface area contributed by atoms with Crippen molar-refractivity contribution in [1.29, 1.82) is 0 Å². The number of carbonyl (C=O) groups is 1. The molecule has 2 fully saturated rings. The average molecular weight is 401 g/mol. The minimum Gasteiger partial charge on any atom is -0.342 e. The topological polar surface area (TPSA) is 66.8 Å². The Labute approximate surface area is 163 Å². The third kappa shape index (κ3) is 4.25. The highest BCUT2D eigenvalue weighted by Gasteiger charge is 2.48. The van der Waals surface area contributed by atoms with Gasteiger partial charge in [-0.05, 0) is 11.1 Å². The number of nitrogens with zero attached hydrogens (tertiary/aromatic N) is 2. The maximum atomic E-state index is 12.5. The van der Waals surface area contributed by atoms with E-state index < -0.39 is 9.84 Å². The van der Waals surface area contributed by atoms with E-state index in [4.69, 9.17) is 0 Å². The second kappa shape index (κ2) is 7.48. The molecule has 4 rings (SSSR count). The van der Waals surface area contributed by atoms with E-state index in [-0.39, 0.29) is 35.1 Å². The number of thioether (sulfide) groups is 1. The van der Waals surface area contributed by atoms with Crippen LogP contribution in [0.1, 0.15) is 11.1 Å². The van der Waals surface area contributed by atoms with E-state index in [1.807, 2.05) is 65.6 Å². The number of carbonyl (C=O) groups excluding carboxylic acids is 1. The standard InChI is InChI=1S/C20H20N2O3S2/c23-19(11-15-7-3-1-4-8-15)21-20-22(12-16-9-5-2-6-10-16)17-13-27(24,25)14-18(17)26-20/h1-10,17-18H,11-14H2/t17-,18-/m1/s1. The van der Waals surface area contributed by atoms with Crippen LogP contribution in [0.15, 0.2) is 65.7 Å². The van der Waals surface area contributed by atoms with Gasteiger partial charge in [0.2, 0.25) is 0 Å². The van der Waals surface area contributed by atoms with Gasteiger partial charge < -0.3 is 4.90 Å². The molecule has 1 amide bonds. The lowest BCUT2D eigenvalue weighted by molar-refractivity contribution is -0.117. The molecule has 5 nitrogen and oxygen atoms in total. The molecule has 0 bridgehead atoms. The Kier molecular flexibility index (Phi) is 5.06. The van der Waals surface area contributed by atoms with Crippen molar-refractivity contribution in [2.75, 3.05) is 11.5 Å². The maximum absolute atomic E-state index is 12.5. The number of hydrogen-bond acceptors (Lipinski definition) is 4. The average Bonchev–Trinajstić information content (AvgIpc) is 3.09. The Bertz CT molecular complexity index is 959. The van der Waals surface area contributed by atoms with Gasteiger partial charge in [-0.2, -0.15) is 4.99 Å². The molecule has 0 unspecified atom stereocenters.